The molecule has 10 rings (SSSR count). The monoisotopic (exact) mass is 1020 g/mol. The fraction of sp³-hybridized carbons (Fsp3) is 0.357. The lowest BCUT2D eigenvalue weighted by Crippen LogP contribution is -2.48. The molecule has 6 heterocycles. The number of thiazole rings is 1. The van der Waals surface area contributed by atoms with Crippen molar-refractivity contribution in [3.63, 3.8) is 0 Å². The summed E-state index contributed by atoms with van der Waals surface area (Å²) >= 11 is 1.43. The summed E-state index contributed by atoms with van der Waals surface area (Å²) in [6, 6.07) is 26.9. The van der Waals surface area contributed by atoms with Crippen molar-refractivity contribution in [2.45, 2.75) is 71.3 Å². The number of aryl methyl sites for hydroxylation is 2. The number of carbonyl (C=O) groups excluding carboxylic acids is 4. The number of carbonyl (C=O) groups is 5. The van der Waals surface area contributed by atoms with E-state index in [0.717, 1.165) is 88.1 Å². The van der Waals surface area contributed by atoms with Gasteiger partial charge in [0, 0.05) is 81.5 Å². The summed E-state index contributed by atoms with van der Waals surface area (Å²) in [4.78, 5) is 80.4. The number of aromatic carboxylic acids is 1. The lowest BCUT2D eigenvalue weighted by molar-refractivity contribution is -0.134. The first-order valence-electron chi connectivity index (χ1n) is 25.2. The van der Waals surface area contributed by atoms with Gasteiger partial charge in [-0.2, -0.15) is 5.10 Å². The van der Waals surface area contributed by atoms with Crippen LogP contribution >= 0.6 is 11.3 Å². The molecule has 2 fully saturated rings. The van der Waals surface area contributed by atoms with E-state index in [1.807, 2.05) is 91.9 Å². The number of imide groups is 1. The minimum absolute atomic E-state index is 0.0244. The summed E-state index contributed by atoms with van der Waals surface area (Å²) in [5.74, 6) is -1.31. The van der Waals surface area contributed by atoms with Crippen molar-refractivity contribution in [2.75, 3.05) is 68.0 Å². The van der Waals surface area contributed by atoms with Crippen LogP contribution in [0, 0.1) is 6.92 Å². The van der Waals surface area contributed by atoms with Gasteiger partial charge in [0.1, 0.15) is 11.6 Å². The molecule has 0 radical (unpaired) electrons. The maximum Gasteiger partial charge on any atom is 0.355 e. The molecule has 3 aromatic heterocycles. The van der Waals surface area contributed by atoms with Crippen LogP contribution in [0.15, 0.2) is 84.9 Å². The normalized spacial score (nSPS) is 16.6. The molecule has 0 bridgehead atoms. The third-order valence-corrected chi connectivity index (χ3v) is 15.2. The van der Waals surface area contributed by atoms with Gasteiger partial charge in [-0.15, -0.1) is 0 Å². The van der Waals surface area contributed by atoms with Crippen LogP contribution in [0.1, 0.15) is 94.7 Å². The number of hydrogen-bond donors (Lipinski definition) is 4. The number of hydrogen-bond acceptors (Lipinski definition) is 13. The molecule has 382 valence electrons. The smallest absolute Gasteiger partial charge is 0.355 e. The Labute approximate surface area is 432 Å². The molecule has 0 aliphatic carbocycles. The Kier molecular flexibility index (Phi) is 14.0. The maximum atomic E-state index is 13.8. The van der Waals surface area contributed by atoms with Gasteiger partial charge >= 0.3 is 5.97 Å². The highest BCUT2D eigenvalue weighted by atomic mass is 32.1. The zero-order valence-corrected chi connectivity index (χ0v) is 43.1. The second-order valence-corrected chi connectivity index (χ2v) is 21.5. The summed E-state index contributed by atoms with van der Waals surface area (Å²) in [5.41, 5.74) is 8.02. The van der Waals surface area contributed by atoms with E-state index >= 15 is 0 Å². The van der Waals surface area contributed by atoms with E-state index in [2.05, 4.69) is 61.5 Å². The SMILES string of the molecule is Cc1cc(OCCCN2CCN(CC(=O)Nc3ccc4c(C5CCC(=O)NC5=O)nn(C)c4c3)CC2)ccc1-c1c(C(C)(C)C)cc(N2CCc3cccc(C(=O)Nc4nc5ccccc5s4)c3C2)nc1C(=O)O. The van der Waals surface area contributed by atoms with Crippen molar-refractivity contribution in [1.82, 2.24) is 34.9 Å². The molecule has 1 atom stereocenters. The number of carboxylic acid groups (broad SMARTS) is 1. The summed E-state index contributed by atoms with van der Waals surface area (Å²) in [6.45, 7) is 14.0. The Morgan fingerprint density at radius 2 is 1.69 bits per heavy atom. The molecule has 4 N–H and O–H groups in total. The molecule has 0 saturated carbocycles. The molecule has 74 heavy (non-hydrogen) atoms. The second kappa shape index (κ2) is 20.8. The Hall–Kier alpha value is -7.54. The van der Waals surface area contributed by atoms with Gasteiger partial charge in [-0.1, -0.05) is 62.4 Å². The molecular weight excluding hydrogens is 957 g/mol. The molecule has 2 saturated heterocycles. The molecule has 0 spiro atoms. The maximum absolute atomic E-state index is 13.8. The van der Waals surface area contributed by atoms with Crippen LogP contribution in [-0.4, -0.2) is 117 Å². The number of piperidine rings is 1. The fourth-order valence-electron chi connectivity index (χ4n) is 10.4. The van der Waals surface area contributed by atoms with Gasteiger partial charge in [-0.3, -0.25) is 39.4 Å². The number of fused-ring (bicyclic) bond motifs is 3. The molecular formula is C56H60N10O7S. The van der Waals surface area contributed by atoms with Gasteiger partial charge in [0.25, 0.3) is 5.91 Å². The highest BCUT2D eigenvalue weighted by molar-refractivity contribution is 7.22. The summed E-state index contributed by atoms with van der Waals surface area (Å²) in [6.07, 6.45) is 2.16. The fourth-order valence-corrected chi connectivity index (χ4v) is 11.3. The highest BCUT2D eigenvalue weighted by Gasteiger charge is 2.33. The zero-order valence-electron chi connectivity index (χ0n) is 42.3. The number of para-hydroxylation sites is 1. The van der Waals surface area contributed by atoms with E-state index in [1.165, 1.54) is 11.3 Å². The van der Waals surface area contributed by atoms with Crippen molar-refractivity contribution < 1.29 is 33.8 Å². The molecule has 4 aromatic carbocycles. The first-order chi connectivity index (χ1) is 35.6. The van der Waals surface area contributed by atoms with Gasteiger partial charge in [0.05, 0.1) is 40.5 Å². The number of piperazine rings is 1. The van der Waals surface area contributed by atoms with E-state index in [-0.39, 0.29) is 42.3 Å². The van der Waals surface area contributed by atoms with Gasteiger partial charge in [0.2, 0.25) is 17.7 Å². The molecule has 3 aliphatic rings. The van der Waals surface area contributed by atoms with E-state index in [0.29, 0.717) is 71.7 Å². The number of carboxylic acids is 1. The standard InChI is InChI=1S/C56H60N10O7S/c1-33-28-36(73-27-9-21-64-23-25-65(26-24-64)32-48(68)57-35-14-16-39-44(29-35)63(5)62-50(39)40-18-19-47(67)60-53(40)70)15-17-37(33)49-42(56(2,3)4)30-46(59-51(49)54(71)72)66-22-20-34-10-8-11-38(41(34)31-66)52(69)61-55-58-43-12-6-7-13-45(43)74-55/h6-8,10-17,28-30,40H,9,18-27,31-32H2,1-5H3,(H,57,68)(H,71,72)(H,58,61,69)(H,60,67,70). The molecule has 3 aliphatic heterocycles. The van der Waals surface area contributed by atoms with Gasteiger partial charge in [-0.25, -0.2) is 14.8 Å². The van der Waals surface area contributed by atoms with Crippen molar-refractivity contribution in [3.8, 4) is 16.9 Å². The minimum atomic E-state index is -1.12. The first-order valence-corrected chi connectivity index (χ1v) is 26.0. The van der Waals surface area contributed by atoms with Gasteiger partial charge in [-0.05, 0) is 114 Å². The average Bonchev–Trinajstić information content (AvgIpc) is 3.93. The van der Waals surface area contributed by atoms with Crippen molar-refractivity contribution >= 4 is 78.7 Å². The highest BCUT2D eigenvalue weighted by Crippen LogP contribution is 2.41. The number of anilines is 3. The summed E-state index contributed by atoms with van der Waals surface area (Å²) in [5, 5.41) is 25.2. The van der Waals surface area contributed by atoms with Crippen molar-refractivity contribution in [3.05, 3.63) is 124 Å². The van der Waals surface area contributed by atoms with E-state index in [9.17, 15) is 29.1 Å². The average molecular weight is 1020 g/mol. The Morgan fingerprint density at radius 1 is 0.892 bits per heavy atom. The summed E-state index contributed by atoms with van der Waals surface area (Å²) in [7, 11) is 1.80. The number of ether oxygens (including phenoxy) is 1. The number of amides is 4. The molecule has 1 unspecified atom stereocenters. The van der Waals surface area contributed by atoms with Crippen LogP contribution in [-0.2, 0) is 39.8 Å². The van der Waals surface area contributed by atoms with Crippen molar-refractivity contribution in [1.29, 1.82) is 0 Å². The quantitative estimate of drug-likeness (QED) is 0.0605. The Morgan fingerprint density at radius 3 is 2.45 bits per heavy atom. The number of rotatable bonds is 14. The lowest BCUT2D eigenvalue weighted by Gasteiger charge is -2.34. The van der Waals surface area contributed by atoms with Crippen LogP contribution in [0.5, 0.6) is 5.75 Å². The number of pyridine rings is 1. The van der Waals surface area contributed by atoms with E-state index < -0.39 is 17.3 Å². The van der Waals surface area contributed by atoms with Crippen molar-refractivity contribution in [2.24, 2.45) is 7.05 Å². The largest absolute Gasteiger partial charge is 0.494 e. The minimum Gasteiger partial charge on any atom is -0.494 e. The molecule has 17 nitrogen and oxygen atoms in total. The molecule has 18 heteroatoms. The topological polar surface area (TPSA) is 204 Å². The van der Waals surface area contributed by atoms with Crippen LogP contribution in [0.3, 0.4) is 0 Å². The zero-order chi connectivity index (χ0) is 51.8. The van der Waals surface area contributed by atoms with E-state index in [4.69, 9.17) is 9.72 Å². The number of nitrogens with zero attached hydrogens (tertiary/aromatic N) is 7. The predicted molar refractivity (Wildman–Crippen MR) is 286 cm³/mol. The molecule has 4 amide bonds. The van der Waals surface area contributed by atoms with Gasteiger partial charge in [0.15, 0.2) is 10.8 Å². The van der Waals surface area contributed by atoms with Crippen LogP contribution < -0.4 is 25.6 Å². The number of aromatic nitrogens is 4. The van der Waals surface area contributed by atoms with Crippen LogP contribution in [0.2, 0.25) is 0 Å². The Balaban J connectivity index is 0.735. The first kappa shape index (κ1) is 50.0. The molecule has 7 aromatic rings. The Bertz CT molecular complexity index is 3320. The number of benzene rings is 4. The van der Waals surface area contributed by atoms with Crippen LogP contribution in [0.25, 0.3) is 32.2 Å². The van der Waals surface area contributed by atoms with E-state index in [1.54, 1.807) is 11.7 Å². The summed E-state index contributed by atoms with van der Waals surface area (Å²) < 4.78 is 8.95. The number of nitrogens with one attached hydrogen (secondary N) is 3. The second-order valence-electron chi connectivity index (χ2n) is 20.5. The van der Waals surface area contributed by atoms with Gasteiger partial charge < -0.3 is 25.0 Å². The van der Waals surface area contributed by atoms with Crippen LogP contribution in [0.4, 0.5) is 16.6 Å². The third-order valence-electron chi connectivity index (χ3n) is 14.3. The predicted octanol–water partition coefficient (Wildman–Crippen LogP) is 7.91. The third kappa shape index (κ3) is 10.6. The lowest BCUT2D eigenvalue weighted by atomic mass is 9.80.